The van der Waals surface area contributed by atoms with Crippen LogP contribution >= 0.6 is 0 Å². The Morgan fingerprint density at radius 1 is 1.28 bits per heavy atom. The van der Waals surface area contributed by atoms with Gasteiger partial charge in [0.1, 0.15) is 6.54 Å². The minimum atomic E-state index is 0.136. The van der Waals surface area contributed by atoms with E-state index >= 15 is 0 Å². The first-order chi connectivity index (χ1) is 12.1. The lowest BCUT2D eigenvalue weighted by Gasteiger charge is -2.31. The van der Waals surface area contributed by atoms with Crippen LogP contribution in [0.3, 0.4) is 0 Å². The number of aromatic nitrogens is 5. The Labute approximate surface area is 146 Å². The van der Waals surface area contributed by atoms with Crippen LogP contribution in [0.25, 0.3) is 5.65 Å². The number of likely N-dealkylation sites (tertiary alicyclic amines) is 1. The average Bonchev–Trinajstić information content (AvgIpc) is 3.18. The van der Waals surface area contributed by atoms with Gasteiger partial charge in [-0.3, -0.25) is 9.48 Å². The number of nitrogens with zero attached hydrogens (tertiary/aromatic N) is 6. The summed E-state index contributed by atoms with van der Waals surface area (Å²) in [5.74, 6) is 0.535. The van der Waals surface area contributed by atoms with E-state index in [0.29, 0.717) is 12.5 Å². The molecule has 0 aliphatic carbocycles. The predicted molar refractivity (Wildman–Crippen MR) is 93.2 cm³/mol. The molecule has 130 valence electrons. The monoisotopic (exact) mass is 338 g/mol. The molecular weight excluding hydrogens is 316 g/mol. The molecule has 0 unspecified atom stereocenters. The van der Waals surface area contributed by atoms with Gasteiger partial charge in [0.15, 0.2) is 5.65 Å². The molecule has 1 fully saturated rings. The molecule has 3 aromatic heterocycles. The van der Waals surface area contributed by atoms with E-state index in [2.05, 4.69) is 10.2 Å². The summed E-state index contributed by atoms with van der Waals surface area (Å²) in [7, 11) is 0. The lowest BCUT2D eigenvalue weighted by atomic mass is 9.93. The number of rotatable bonds is 3. The fraction of sp³-hybridized carbons (Fsp3) is 0.444. The van der Waals surface area contributed by atoms with Gasteiger partial charge in [0.25, 0.3) is 0 Å². The highest BCUT2D eigenvalue weighted by molar-refractivity contribution is 5.76. The molecule has 0 aromatic carbocycles. The molecule has 25 heavy (non-hydrogen) atoms. The lowest BCUT2D eigenvalue weighted by molar-refractivity contribution is -0.133. The van der Waals surface area contributed by atoms with Crippen LogP contribution in [-0.2, 0) is 11.3 Å². The van der Waals surface area contributed by atoms with Crippen molar-refractivity contribution in [3.05, 3.63) is 47.7 Å². The minimum Gasteiger partial charge on any atom is -0.341 e. The van der Waals surface area contributed by atoms with Gasteiger partial charge < -0.3 is 4.90 Å². The number of amides is 1. The first kappa shape index (κ1) is 15.8. The molecule has 7 heteroatoms. The number of hydrogen-bond acceptors (Lipinski definition) is 4. The van der Waals surface area contributed by atoms with Crippen molar-refractivity contribution in [1.29, 1.82) is 0 Å². The third kappa shape index (κ3) is 3.26. The molecule has 7 nitrogen and oxygen atoms in total. The van der Waals surface area contributed by atoms with E-state index in [0.717, 1.165) is 48.5 Å². The molecule has 0 spiro atoms. The van der Waals surface area contributed by atoms with Crippen LogP contribution in [0.4, 0.5) is 0 Å². The molecule has 4 heterocycles. The minimum absolute atomic E-state index is 0.136. The van der Waals surface area contributed by atoms with Crippen LogP contribution in [-0.4, -0.2) is 48.3 Å². The van der Waals surface area contributed by atoms with Crippen LogP contribution in [0.15, 0.2) is 30.7 Å². The van der Waals surface area contributed by atoms with Gasteiger partial charge in [-0.2, -0.15) is 10.2 Å². The fourth-order valence-electron chi connectivity index (χ4n) is 3.46. The zero-order valence-electron chi connectivity index (χ0n) is 14.6. The third-order valence-corrected chi connectivity index (χ3v) is 4.79. The molecular formula is C18H22N6O. The SMILES string of the molecule is Cc1cnn(CC(=O)N2CCC(c3ccn4nc(C)cc4n3)CC2)c1. The molecule has 0 radical (unpaired) electrons. The number of aryl methyl sites for hydroxylation is 2. The van der Waals surface area contributed by atoms with E-state index < -0.39 is 0 Å². The van der Waals surface area contributed by atoms with Gasteiger partial charge in [0, 0.05) is 43.2 Å². The third-order valence-electron chi connectivity index (χ3n) is 4.79. The first-order valence-electron chi connectivity index (χ1n) is 8.68. The molecule has 1 saturated heterocycles. The van der Waals surface area contributed by atoms with E-state index in [1.165, 1.54) is 0 Å². The molecule has 0 saturated carbocycles. The molecule has 4 rings (SSSR count). The Hall–Kier alpha value is -2.70. The van der Waals surface area contributed by atoms with E-state index in [4.69, 9.17) is 4.98 Å². The summed E-state index contributed by atoms with van der Waals surface area (Å²) in [5, 5.41) is 8.56. The highest BCUT2D eigenvalue weighted by Crippen LogP contribution is 2.27. The van der Waals surface area contributed by atoms with Gasteiger partial charge in [-0.05, 0) is 38.3 Å². The zero-order valence-corrected chi connectivity index (χ0v) is 14.6. The maximum absolute atomic E-state index is 12.4. The van der Waals surface area contributed by atoms with E-state index in [-0.39, 0.29) is 5.91 Å². The molecule has 3 aromatic rings. The smallest absolute Gasteiger partial charge is 0.244 e. The summed E-state index contributed by atoms with van der Waals surface area (Å²) in [6.07, 6.45) is 7.54. The van der Waals surface area contributed by atoms with Crippen LogP contribution in [0.5, 0.6) is 0 Å². The van der Waals surface area contributed by atoms with Gasteiger partial charge in [-0.1, -0.05) is 0 Å². The number of fused-ring (bicyclic) bond motifs is 1. The number of piperidine rings is 1. The van der Waals surface area contributed by atoms with Crippen LogP contribution in [0.2, 0.25) is 0 Å². The fourth-order valence-corrected chi connectivity index (χ4v) is 3.46. The summed E-state index contributed by atoms with van der Waals surface area (Å²) >= 11 is 0. The molecule has 1 aliphatic heterocycles. The van der Waals surface area contributed by atoms with Crippen molar-refractivity contribution in [2.24, 2.45) is 0 Å². The average molecular weight is 338 g/mol. The Balaban J connectivity index is 1.39. The largest absolute Gasteiger partial charge is 0.341 e. The summed E-state index contributed by atoms with van der Waals surface area (Å²) in [5.41, 5.74) is 4.03. The summed E-state index contributed by atoms with van der Waals surface area (Å²) in [6, 6.07) is 4.04. The Morgan fingerprint density at radius 2 is 2.08 bits per heavy atom. The Bertz CT molecular complexity index is 903. The second-order valence-corrected chi connectivity index (χ2v) is 6.81. The summed E-state index contributed by atoms with van der Waals surface area (Å²) < 4.78 is 3.52. The van der Waals surface area contributed by atoms with Crippen molar-refractivity contribution in [3.8, 4) is 0 Å². The Kier molecular flexibility index (Phi) is 3.99. The number of hydrogen-bond donors (Lipinski definition) is 0. The van der Waals surface area contributed by atoms with Gasteiger partial charge in [0.05, 0.1) is 11.9 Å². The van der Waals surface area contributed by atoms with Gasteiger partial charge in [-0.25, -0.2) is 9.50 Å². The van der Waals surface area contributed by atoms with Crippen molar-refractivity contribution >= 4 is 11.6 Å². The van der Waals surface area contributed by atoms with Crippen LogP contribution < -0.4 is 0 Å². The van der Waals surface area contributed by atoms with E-state index in [1.54, 1.807) is 10.9 Å². The maximum atomic E-state index is 12.4. The highest BCUT2D eigenvalue weighted by atomic mass is 16.2. The summed E-state index contributed by atoms with van der Waals surface area (Å²) in [6.45, 7) is 5.81. The van der Waals surface area contributed by atoms with E-state index in [9.17, 15) is 4.79 Å². The van der Waals surface area contributed by atoms with Crippen molar-refractivity contribution in [1.82, 2.24) is 29.3 Å². The van der Waals surface area contributed by atoms with Crippen molar-refractivity contribution in [2.45, 2.75) is 39.2 Å². The first-order valence-corrected chi connectivity index (χ1v) is 8.68. The summed E-state index contributed by atoms with van der Waals surface area (Å²) in [4.78, 5) is 19.1. The lowest BCUT2D eigenvalue weighted by Crippen LogP contribution is -2.40. The highest BCUT2D eigenvalue weighted by Gasteiger charge is 2.25. The molecule has 0 N–H and O–H groups in total. The maximum Gasteiger partial charge on any atom is 0.244 e. The molecule has 0 bridgehead atoms. The quantitative estimate of drug-likeness (QED) is 0.732. The standard InChI is InChI=1S/C18H22N6O/c1-13-10-19-23(11-13)12-18(25)22-6-3-15(4-7-22)16-5-8-24-17(20-16)9-14(2)21-24/h5,8-11,15H,3-4,6-7,12H2,1-2H3. The predicted octanol–water partition coefficient (Wildman–Crippen LogP) is 1.95. The van der Waals surface area contributed by atoms with Gasteiger partial charge >= 0.3 is 0 Å². The van der Waals surface area contributed by atoms with Crippen LogP contribution in [0, 0.1) is 13.8 Å². The Morgan fingerprint density at radius 3 is 2.80 bits per heavy atom. The van der Waals surface area contributed by atoms with Crippen LogP contribution in [0.1, 0.15) is 35.7 Å². The van der Waals surface area contributed by atoms with Gasteiger partial charge in [-0.15, -0.1) is 0 Å². The topological polar surface area (TPSA) is 68.3 Å². The molecule has 1 amide bonds. The van der Waals surface area contributed by atoms with Crippen molar-refractivity contribution in [3.63, 3.8) is 0 Å². The van der Waals surface area contributed by atoms with E-state index in [1.807, 2.05) is 47.8 Å². The van der Waals surface area contributed by atoms with Gasteiger partial charge in [0.2, 0.25) is 5.91 Å². The zero-order chi connectivity index (χ0) is 17.4. The molecule has 1 aliphatic rings. The molecule has 0 atom stereocenters. The number of carbonyl (C=O) groups excluding carboxylic acids is 1. The van der Waals surface area contributed by atoms with Crippen molar-refractivity contribution < 1.29 is 4.79 Å². The second-order valence-electron chi connectivity index (χ2n) is 6.81. The van der Waals surface area contributed by atoms with Crippen molar-refractivity contribution in [2.75, 3.05) is 13.1 Å². The second kappa shape index (κ2) is 6.31. The number of carbonyl (C=O) groups is 1. The normalized spacial score (nSPS) is 15.8.